The first-order chi connectivity index (χ1) is 14.1. The number of nitrogens with one attached hydrogen (secondary N) is 1. The lowest BCUT2D eigenvalue weighted by Crippen LogP contribution is -2.34. The molecule has 1 amide bonds. The summed E-state index contributed by atoms with van der Waals surface area (Å²) in [5, 5.41) is 13.0. The molecule has 3 heterocycles. The van der Waals surface area contributed by atoms with Crippen LogP contribution >= 0.6 is 22.9 Å². The van der Waals surface area contributed by atoms with E-state index in [0.29, 0.717) is 37.4 Å². The Labute approximate surface area is 175 Å². The van der Waals surface area contributed by atoms with E-state index in [1.807, 2.05) is 0 Å². The van der Waals surface area contributed by atoms with Gasteiger partial charge >= 0.3 is 0 Å². The number of hydrogen-bond donors (Lipinski definition) is 2. The van der Waals surface area contributed by atoms with Crippen molar-refractivity contribution in [2.45, 2.75) is 19.4 Å². The average molecular weight is 433 g/mol. The summed E-state index contributed by atoms with van der Waals surface area (Å²) < 4.78 is 13.4. The number of hydrogen-bond acceptors (Lipinski definition) is 6. The van der Waals surface area contributed by atoms with E-state index in [2.05, 4.69) is 15.3 Å². The van der Waals surface area contributed by atoms with E-state index >= 15 is 0 Å². The van der Waals surface area contributed by atoms with Gasteiger partial charge in [-0.05, 0) is 42.7 Å². The zero-order valence-corrected chi connectivity index (χ0v) is 16.9. The summed E-state index contributed by atoms with van der Waals surface area (Å²) >= 11 is 7.43. The lowest BCUT2D eigenvalue weighted by molar-refractivity contribution is -0.126. The second-order valence-electron chi connectivity index (χ2n) is 6.58. The predicted molar refractivity (Wildman–Crippen MR) is 112 cm³/mol. The molecule has 1 aliphatic heterocycles. The number of benzene rings is 1. The van der Waals surface area contributed by atoms with Crippen LogP contribution in [0.15, 0.2) is 36.7 Å². The molecule has 9 heteroatoms. The topological polar surface area (TPSA) is 78.3 Å². The maximum Gasteiger partial charge on any atom is 0.246 e. The second kappa shape index (κ2) is 8.44. The quantitative estimate of drug-likeness (QED) is 0.595. The van der Waals surface area contributed by atoms with Crippen LogP contribution in [0.2, 0.25) is 5.02 Å². The van der Waals surface area contributed by atoms with Crippen LogP contribution in [0.4, 0.5) is 15.9 Å². The number of aromatic nitrogens is 2. The van der Waals surface area contributed by atoms with Crippen LogP contribution in [0.25, 0.3) is 10.2 Å². The minimum absolute atomic E-state index is 0.0258. The Morgan fingerprint density at radius 1 is 1.41 bits per heavy atom. The normalized spacial score (nSPS) is 13.8. The van der Waals surface area contributed by atoms with Crippen molar-refractivity contribution >= 4 is 50.6 Å². The molecule has 0 radical (unpaired) electrons. The van der Waals surface area contributed by atoms with Crippen molar-refractivity contribution in [2.75, 3.05) is 18.5 Å². The Morgan fingerprint density at radius 3 is 3.07 bits per heavy atom. The van der Waals surface area contributed by atoms with Gasteiger partial charge in [0.05, 0.1) is 17.0 Å². The van der Waals surface area contributed by atoms with E-state index in [1.54, 1.807) is 28.4 Å². The molecule has 0 spiro atoms. The fourth-order valence-corrected chi connectivity index (χ4v) is 4.67. The standard InChI is InChI=1S/C20H18ClFN4O2S/c21-14-9-12(4-5-15(14)22)25-19-18-13-6-7-26(17(28)3-1-2-8-27)10-16(13)29-20(18)24-11-23-19/h1,3-5,9,11,27H,2,6-8,10H2,(H,23,24,25). The summed E-state index contributed by atoms with van der Waals surface area (Å²) in [6.45, 7) is 1.14. The molecule has 1 aromatic carbocycles. The second-order valence-corrected chi connectivity index (χ2v) is 8.08. The van der Waals surface area contributed by atoms with Gasteiger partial charge in [0.15, 0.2) is 0 Å². The third-order valence-electron chi connectivity index (χ3n) is 4.69. The van der Waals surface area contributed by atoms with Crippen molar-refractivity contribution in [1.82, 2.24) is 14.9 Å². The first-order valence-corrected chi connectivity index (χ1v) is 10.3. The van der Waals surface area contributed by atoms with Crippen molar-refractivity contribution in [3.05, 3.63) is 58.0 Å². The molecule has 0 saturated heterocycles. The number of aliphatic hydroxyl groups excluding tert-OH is 1. The molecule has 0 bridgehead atoms. The highest BCUT2D eigenvalue weighted by molar-refractivity contribution is 7.19. The maximum atomic E-state index is 13.4. The smallest absolute Gasteiger partial charge is 0.246 e. The molecular formula is C20H18ClFN4O2S. The number of anilines is 2. The lowest BCUT2D eigenvalue weighted by atomic mass is 10.0. The molecule has 2 aromatic heterocycles. The number of amides is 1. The van der Waals surface area contributed by atoms with Gasteiger partial charge in [0.1, 0.15) is 22.8 Å². The molecule has 4 rings (SSSR count). The highest BCUT2D eigenvalue weighted by Crippen LogP contribution is 2.38. The summed E-state index contributed by atoms with van der Waals surface area (Å²) in [5.41, 5.74) is 1.77. The number of thiophene rings is 1. The van der Waals surface area contributed by atoms with Gasteiger partial charge in [0, 0.05) is 23.7 Å². The highest BCUT2D eigenvalue weighted by Gasteiger charge is 2.25. The summed E-state index contributed by atoms with van der Waals surface area (Å²) in [4.78, 5) is 24.8. The van der Waals surface area contributed by atoms with Gasteiger partial charge in [0.2, 0.25) is 5.91 Å². The lowest BCUT2D eigenvalue weighted by Gasteiger charge is -2.26. The molecule has 0 fully saturated rings. The van der Waals surface area contributed by atoms with Crippen LogP contribution in [0.1, 0.15) is 16.9 Å². The third kappa shape index (κ3) is 4.10. The van der Waals surface area contributed by atoms with Crippen LogP contribution in [0, 0.1) is 5.82 Å². The van der Waals surface area contributed by atoms with Gasteiger partial charge in [-0.2, -0.15) is 0 Å². The number of carbonyl (C=O) groups excluding carboxylic acids is 1. The molecule has 0 unspecified atom stereocenters. The molecule has 0 saturated carbocycles. The summed E-state index contributed by atoms with van der Waals surface area (Å²) in [6, 6.07) is 4.43. The summed E-state index contributed by atoms with van der Waals surface area (Å²) in [5.74, 6) is 0.0977. The number of aliphatic hydroxyl groups is 1. The van der Waals surface area contributed by atoms with Crippen molar-refractivity contribution in [3.8, 4) is 0 Å². The van der Waals surface area contributed by atoms with Crippen molar-refractivity contribution in [2.24, 2.45) is 0 Å². The van der Waals surface area contributed by atoms with Gasteiger partial charge in [-0.15, -0.1) is 11.3 Å². The van der Waals surface area contributed by atoms with E-state index in [4.69, 9.17) is 16.7 Å². The molecule has 150 valence electrons. The van der Waals surface area contributed by atoms with Gasteiger partial charge in [0.25, 0.3) is 0 Å². The van der Waals surface area contributed by atoms with Gasteiger partial charge in [-0.1, -0.05) is 17.7 Å². The van der Waals surface area contributed by atoms with Gasteiger partial charge in [-0.25, -0.2) is 14.4 Å². The van der Waals surface area contributed by atoms with Crippen molar-refractivity contribution < 1.29 is 14.3 Å². The van der Waals surface area contributed by atoms with Crippen LogP contribution in [-0.4, -0.2) is 39.0 Å². The van der Waals surface area contributed by atoms with Crippen molar-refractivity contribution in [1.29, 1.82) is 0 Å². The van der Waals surface area contributed by atoms with E-state index < -0.39 is 5.82 Å². The fraction of sp³-hybridized carbons (Fsp3) is 0.250. The molecular weight excluding hydrogens is 415 g/mol. The SMILES string of the molecule is O=C(C=CCCO)N1CCc2c(sc3ncnc(Nc4ccc(F)c(Cl)c4)c23)C1. The summed E-state index contributed by atoms with van der Waals surface area (Å²) in [6.07, 6.45) is 5.84. The first kappa shape index (κ1) is 19.8. The van der Waals surface area contributed by atoms with E-state index in [9.17, 15) is 9.18 Å². The van der Waals surface area contributed by atoms with Crippen LogP contribution in [0.5, 0.6) is 0 Å². The predicted octanol–water partition coefficient (Wildman–Crippen LogP) is 4.05. The molecule has 6 nitrogen and oxygen atoms in total. The Balaban J connectivity index is 1.62. The number of halogens is 2. The molecule has 0 aliphatic carbocycles. The van der Waals surface area contributed by atoms with E-state index in [0.717, 1.165) is 20.7 Å². The van der Waals surface area contributed by atoms with Crippen molar-refractivity contribution in [3.63, 3.8) is 0 Å². The number of nitrogens with zero attached hydrogens (tertiary/aromatic N) is 3. The fourth-order valence-electron chi connectivity index (χ4n) is 3.29. The number of carbonyl (C=O) groups is 1. The zero-order valence-electron chi connectivity index (χ0n) is 15.4. The largest absolute Gasteiger partial charge is 0.396 e. The van der Waals surface area contributed by atoms with Crippen LogP contribution < -0.4 is 5.32 Å². The minimum atomic E-state index is -0.476. The van der Waals surface area contributed by atoms with Crippen LogP contribution in [-0.2, 0) is 17.8 Å². The molecule has 3 aromatic rings. The van der Waals surface area contributed by atoms with E-state index in [1.165, 1.54) is 24.5 Å². The minimum Gasteiger partial charge on any atom is -0.396 e. The van der Waals surface area contributed by atoms with Crippen LogP contribution in [0.3, 0.4) is 0 Å². The molecule has 2 N–H and O–H groups in total. The third-order valence-corrected chi connectivity index (χ3v) is 6.10. The van der Waals surface area contributed by atoms with E-state index in [-0.39, 0.29) is 17.5 Å². The Kier molecular flexibility index (Phi) is 5.75. The molecule has 1 aliphatic rings. The van der Waals surface area contributed by atoms with Gasteiger partial charge < -0.3 is 15.3 Å². The average Bonchev–Trinajstić information content (AvgIpc) is 3.09. The molecule has 29 heavy (non-hydrogen) atoms. The number of fused-ring (bicyclic) bond motifs is 3. The zero-order chi connectivity index (χ0) is 20.4. The Hall–Kier alpha value is -2.55. The monoisotopic (exact) mass is 432 g/mol. The van der Waals surface area contributed by atoms with Gasteiger partial charge in [-0.3, -0.25) is 4.79 Å². The Morgan fingerprint density at radius 2 is 2.28 bits per heavy atom. The summed E-state index contributed by atoms with van der Waals surface area (Å²) in [7, 11) is 0. The highest BCUT2D eigenvalue weighted by atomic mass is 35.5. The Bertz CT molecular complexity index is 1100. The first-order valence-electron chi connectivity index (χ1n) is 9.10. The molecule has 0 atom stereocenters. The number of rotatable bonds is 5. The maximum absolute atomic E-state index is 13.4.